The fourth-order valence-electron chi connectivity index (χ4n) is 2.36. The van der Waals surface area contributed by atoms with Crippen molar-refractivity contribution in [3.63, 3.8) is 0 Å². The Morgan fingerprint density at radius 1 is 1.26 bits per heavy atom. The average Bonchev–Trinajstić information content (AvgIpc) is 2.90. The molecule has 1 aliphatic carbocycles. The zero-order chi connectivity index (χ0) is 12.9. The Hall–Kier alpha value is -2.14. The fourth-order valence-corrected chi connectivity index (χ4v) is 2.36. The predicted octanol–water partition coefficient (Wildman–Crippen LogP) is 2.47. The largest absolute Gasteiger partial charge is 0.464 e. The first kappa shape index (κ1) is 10.8. The molecule has 1 aliphatic rings. The molecule has 1 fully saturated rings. The molecule has 3 aromatic rings. The summed E-state index contributed by atoms with van der Waals surface area (Å²) in [5, 5.41) is 5.05. The Labute approximate surface area is 109 Å². The van der Waals surface area contributed by atoms with Gasteiger partial charge in [0.25, 0.3) is 0 Å². The van der Waals surface area contributed by atoms with Crippen molar-refractivity contribution in [1.82, 2.24) is 10.1 Å². The molecule has 2 heterocycles. The summed E-state index contributed by atoms with van der Waals surface area (Å²) in [5.41, 5.74) is 7.38. The smallest absolute Gasteiger partial charge is 0.234 e. The summed E-state index contributed by atoms with van der Waals surface area (Å²) in [5.74, 6) is 1.22. The molecule has 0 bridgehead atoms. The van der Waals surface area contributed by atoms with Gasteiger partial charge in [0.1, 0.15) is 11.8 Å². The Morgan fingerprint density at radius 2 is 2.11 bits per heavy atom. The predicted molar refractivity (Wildman–Crippen MR) is 69.5 cm³/mol. The molecule has 1 saturated carbocycles. The summed E-state index contributed by atoms with van der Waals surface area (Å²) in [6.45, 7) is 0.556. The SMILES string of the molecule is NCC1(c2nc(-c3coc4ccccc34)no2)CC1. The molecule has 2 aromatic heterocycles. The van der Waals surface area contributed by atoms with E-state index in [1.54, 1.807) is 6.26 Å². The van der Waals surface area contributed by atoms with Gasteiger partial charge in [0.2, 0.25) is 11.7 Å². The zero-order valence-corrected chi connectivity index (χ0v) is 10.3. The lowest BCUT2D eigenvalue weighted by Crippen LogP contribution is -2.19. The van der Waals surface area contributed by atoms with Gasteiger partial charge in [0.15, 0.2) is 0 Å². The summed E-state index contributed by atoms with van der Waals surface area (Å²) in [6, 6.07) is 7.80. The van der Waals surface area contributed by atoms with E-state index >= 15 is 0 Å². The Bertz CT molecular complexity index is 740. The molecular weight excluding hydrogens is 242 g/mol. The minimum Gasteiger partial charge on any atom is -0.464 e. The first-order valence-electron chi connectivity index (χ1n) is 6.33. The van der Waals surface area contributed by atoms with Crippen molar-refractivity contribution in [2.45, 2.75) is 18.3 Å². The van der Waals surface area contributed by atoms with E-state index in [1.165, 1.54) is 0 Å². The first-order chi connectivity index (χ1) is 9.32. The standard InChI is InChI=1S/C14H13N3O2/c15-8-14(5-6-14)13-16-12(17-19-13)10-7-18-11-4-2-1-3-9(10)11/h1-4,7H,5-6,8,15H2. The summed E-state index contributed by atoms with van der Waals surface area (Å²) < 4.78 is 10.9. The molecule has 0 aliphatic heterocycles. The topological polar surface area (TPSA) is 78.1 Å². The van der Waals surface area contributed by atoms with Crippen LogP contribution in [0.3, 0.4) is 0 Å². The number of hydrogen-bond donors (Lipinski definition) is 1. The number of nitrogens with zero attached hydrogens (tertiary/aromatic N) is 2. The van der Waals surface area contributed by atoms with Gasteiger partial charge in [-0.15, -0.1) is 0 Å². The van der Waals surface area contributed by atoms with Gasteiger partial charge in [0, 0.05) is 11.9 Å². The van der Waals surface area contributed by atoms with Crippen LogP contribution in [0.25, 0.3) is 22.4 Å². The first-order valence-corrected chi connectivity index (χ1v) is 6.33. The molecule has 5 nitrogen and oxygen atoms in total. The van der Waals surface area contributed by atoms with Crippen LogP contribution in [-0.4, -0.2) is 16.7 Å². The summed E-state index contributed by atoms with van der Waals surface area (Å²) in [6.07, 6.45) is 3.72. The lowest BCUT2D eigenvalue weighted by molar-refractivity contribution is 0.347. The van der Waals surface area contributed by atoms with Crippen molar-refractivity contribution in [1.29, 1.82) is 0 Å². The van der Waals surface area contributed by atoms with Crippen molar-refractivity contribution >= 4 is 11.0 Å². The third-order valence-corrected chi connectivity index (χ3v) is 3.85. The van der Waals surface area contributed by atoms with Gasteiger partial charge in [0.05, 0.1) is 11.0 Å². The monoisotopic (exact) mass is 255 g/mol. The Kier molecular flexibility index (Phi) is 2.08. The van der Waals surface area contributed by atoms with Crippen LogP contribution < -0.4 is 5.73 Å². The number of para-hydroxylation sites is 1. The van der Waals surface area contributed by atoms with E-state index < -0.39 is 0 Å². The summed E-state index contributed by atoms with van der Waals surface area (Å²) in [7, 11) is 0. The molecule has 0 spiro atoms. The number of benzene rings is 1. The highest BCUT2D eigenvalue weighted by Gasteiger charge is 2.48. The van der Waals surface area contributed by atoms with Gasteiger partial charge in [-0.3, -0.25) is 0 Å². The van der Waals surface area contributed by atoms with E-state index in [4.69, 9.17) is 14.7 Å². The zero-order valence-electron chi connectivity index (χ0n) is 10.3. The van der Waals surface area contributed by atoms with Crippen LogP contribution in [0.15, 0.2) is 39.5 Å². The molecule has 0 atom stereocenters. The maximum Gasteiger partial charge on any atom is 0.234 e. The van der Waals surface area contributed by atoms with Crippen LogP contribution in [0.5, 0.6) is 0 Å². The van der Waals surface area contributed by atoms with E-state index in [1.807, 2.05) is 24.3 Å². The normalized spacial score (nSPS) is 16.9. The summed E-state index contributed by atoms with van der Waals surface area (Å²) in [4.78, 5) is 4.49. The lowest BCUT2D eigenvalue weighted by atomic mass is 10.1. The summed E-state index contributed by atoms with van der Waals surface area (Å²) >= 11 is 0. The minimum absolute atomic E-state index is 0.0786. The van der Waals surface area contributed by atoms with Gasteiger partial charge >= 0.3 is 0 Å². The lowest BCUT2D eigenvalue weighted by Gasteiger charge is -2.03. The van der Waals surface area contributed by atoms with Gasteiger partial charge in [-0.1, -0.05) is 23.4 Å². The molecule has 4 rings (SSSR count). The maximum absolute atomic E-state index is 5.77. The quantitative estimate of drug-likeness (QED) is 0.777. The molecule has 1 aromatic carbocycles. The highest BCUT2D eigenvalue weighted by atomic mass is 16.5. The number of hydrogen-bond acceptors (Lipinski definition) is 5. The van der Waals surface area contributed by atoms with E-state index in [-0.39, 0.29) is 5.41 Å². The molecule has 0 saturated heterocycles. The second-order valence-electron chi connectivity index (χ2n) is 5.05. The van der Waals surface area contributed by atoms with Crippen molar-refractivity contribution in [2.75, 3.05) is 6.54 Å². The molecule has 2 N–H and O–H groups in total. The van der Waals surface area contributed by atoms with Crippen LogP contribution in [0.4, 0.5) is 0 Å². The number of aromatic nitrogens is 2. The number of furan rings is 1. The van der Waals surface area contributed by atoms with Crippen molar-refractivity contribution in [3.05, 3.63) is 36.4 Å². The molecule has 0 unspecified atom stereocenters. The third kappa shape index (κ3) is 1.51. The highest BCUT2D eigenvalue weighted by molar-refractivity contribution is 5.91. The van der Waals surface area contributed by atoms with Crippen LogP contribution in [0.1, 0.15) is 18.7 Å². The molecule has 5 heteroatoms. The average molecular weight is 255 g/mol. The fraction of sp³-hybridized carbons (Fsp3) is 0.286. The number of fused-ring (bicyclic) bond motifs is 1. The van der Waals surface area contributed by atoms with E-state index in [0.717, 1.165) is 29.4 Å². The molecule has 19 heavy (non-hydrogen) atoms. The second kappa shape index (κ2) is 3.68. The Balaban J connectivity index is 1.81. The van der Waals surface area contributed by atoms with E-state index in [2.05, 4.69) is 10.1 Å². The van der Waals surface area contributed by atoms with Gasteiger partial charge in [-0.25, -0.2) is 0 Å². The number of nitrogens with two attached hydrogens (primary N) is 1. The van der Waals surface area contributed by atoms with Gasteiger partial charge in [-0.2, -0.15) is 4.98 Å². The van der Waals surface area contributed by atoms with E-state index in [0.29, 0.717) is 18.3 Å². The molecular formula is C14H13N3O2. The molecule has 96 valence electrons. The van der Waals surface area contributed by atoms with Crippen molar-refractivity contribution in [3.8, 4) is 11.4 Å². The van der Waals surface area contributed by atoms with Crippen molar-refractivity contribution in [2.24, 2.45) is 5.73 Å². The Morgan fingerprint density at radius 3 is 2.89 bits per heavy atom. The van der Waals surface area contributed by atoms with Crippen LogP contribution in [0, 0.1) is 0 Å². The van der Waals surface area contributed by atoms with Crippen LogP contribution in [-0.2, 0) is 5.41 Å². The van der Waals surface area contributed by atoms with Crippen molar-refractivity contribution < 1.29 is 8.94 Å². The van der Waals surface area contributed by atoms with Crippen LogP contribution in [0.2, 0.25) is 0 Å². The second-order valence-corrected chi connectivity index (χ2v) is 5.05. The maximum atomic E-state index is 5.77. The number of rotatable bonds is 3. The molecule has 0 amide bonds. The highest BCUT2D eigenvalue weighted by Crippen LogP contribution is 2.46. The minimum atomic E-state index is -0.0786. The van der Waals surface area contributed by atoms with Gasteiger partial charge < -0.3 is 14.7 Å². The van der Waals surface area contributed by atoms with Crippen LogP contribution >= 0.6 is 0 Å². The third-order valence-electron chi connectivity index (χ3n) is 3.85. The molecule has 0 radical (unpaired) electrons. The van der Waals surface area contributed by atoms with Gasteiger partial charge in [-0.05, 0) is 18.9 Å². The van der Waals surface area contributed by atoms with E-state index in [9.17, 15) is 0 Å².